The number of methoxy groups -OCH3 is 2. The number of fused-ring (bicyclic) bond motifs is 3. The highest BCUT2D eigenvalue weighted by atomic mass is 16.5. The Labute approximate surface area is 158 Å². The van der Waals surface area contributed by atoms with Crippen molar-refractivity contribution in [3.63, 3.8) is 0 Å². The van der Waals surface area contributed by atoms with Crippen molar-refractivity contribution in [2.75, 3.05) is 20.8 Å². The Morgan fingerprint density at radius 3 is 2.67 bits per heavy atom. The van der Waals surface area contributed by atoms with E-state index in [1.54, 1.807) is 14.2 Å². The molecular formula is C22H24N2O3. The Hall–Kier alpha value is -2.95. The lowest BCUT2D eigenvalue weighted by Crippen LogP contribution is -2.35. The van der Waals surface area contributed by atoms with Gasteiger partial charge in [-0.1, -0.05) is 30.3 Å². The molecule has 0 radical (unpaired) electrons. The summed E-state index contributed by atoms with van der Waals surface area (Å²) in [7, 11) is 3.35. The highest BCUT2D eigenvalue weighted by Crippen LogP contribution is 2.33. The van der Waals surface area contributed by atoms with Gasteiger partial charge in [-0.25, -0.2) is 0 Å². The fourth-order valence-corrected chi connectivity index (χ4v) is 3.90. The summed E-state index contributed by atoms with van der Waals surface area (Å²) in [6, 6.07) is 13.9. The number of aryl methyl sites for hydroxylation is 1. The highest BCUT2D eigenvalue weighted by Gasteiger charge is 2.24. The molecule has 0 unspecified atom stereocenters. The summed E-state index contributed by atoms with van der Waals surface area (Å²) >= 11 is 0. The minimum absolute atomic E-state index is 0.184. The van der Waals surface area contributed by atoms with Crippen molar-refractivity contribution in [1.29, 1.82) is 0 Å². The van der Waals surface area contributed by atoms with Crippen LogP contribution in [0.1, 0.15) is 23.2 Å². The molecule has 0 spiro atoms. The van der Waals surface area contributed by atoms with Crippen LogP contribution in [0.3, 0.4) is 0 Å². The second-order valence-corrected chi connectivity index (χ2v) is 6.84. The summed E-state index contributed by atoms with van der Waals surface area (Å²) in [5.74, 6) is 1.87. The first-order valence-corrected chi connectivity index (χ1v) is 9.27. The van der Waals surface area contributed by atoms with Gasteiger partial charge in [-0.3, -0.25) is 4.79 Å². The van der Waals surface area contributed by atoms with Crippen LogP contribution in [0.4, 0.5) is 0 Å². The third-order valence-corrected chi connectivity index (χ3v) is 5.35. The van der Waals surface area contributed by atoms with Crippen LogP contribution < -0.4 is 9.47 Å². The standard InChI is InChI=1S/C22H24N2O3/c1-26-19-8-4-3-6-15(19)10-11-21(25)24-13-12-18-17(14-24)16-7-5-9-20(27-2)22(16)23-18/h3-9,23H,10-14H2,1-2H3. The highest BCUT2D eigenvalue weighted by molar-refractivity contribution is 5.90. The molecule has 1 aromatic heterocycles. The van der Waals surface area contributed by atoms with E-state index in [1.165, 1.54) is 11.3 Å². The van der Waals surface area contributed by atoms with E-state index in [0.29, 0.717) is 19.4 Å². The third-order valence-electron chi connectivity index (χ3n) is 5.35. The smallest absolute Gasteiger partial charge is 0.223 e. The number of nitrogens with zero attached hydrogens (tertiary/aromatic N) is 1. The van der Waals surface area contributed by atoms with Crippen molar-refractivity contribution in [1.82, 2.24) is 9.88 Å². The number of hydrogen-bond donors (Lipinski definition) is 1. The van der Waals surface area contributed by atoms with Crippen molar-refractivity contribution >= 4 is 16.8 Å². The number of benzene rings is 2. The first-order chi connectivity index (χ1) is 13.2. The minimum atomic E-state index is 0.184. The summed E-state index contributed by atoms with van der Waals surface area (Å²) in [4.78, 5) is 18.3. The molecule has 1 aliphatic rings. The molecule has 0 saturated carbocycles. The summed E-state index contributed by atoms with van der Waals surface area (Å²) < 4.78 is 10.9. The minimum Gasteiger partial charge on any atom is -0.496 e. The number of hydrogen-bond acceptors (Lipinski definition) is 3. The van der Waals surface area contributed by atoms with E-state index in [0.717, 1.165) is 40.9 Å². The van der Waals surface area contributed by atoms with Crippen molar-refractivity contribution < 1.29 is 14.3 Å². The normalized spacial score (nSPS) is 13.5. The van der Waals surface area contributed by atoms with Gasteiger partial charge in [0.2, 0.25) is 5.91 Å². The van der Waals surface area contributed by atoms with Gasteiger partial charge in [0.15, 0.2) is 0 Å². The van der Waals surface area contributed by atoms with Crippen LogP contribution in [-0.4, -0.2) is 36.6 Å². The van der Waals surface area contributed by atoms with Gasteiger partial charge in [0, 0.05) is 42.6 Å². The number of aromatic amines is 1. The number of H-pyrrole nitrogens is 1. The molecule has 5 nitrogen and oxygen atoms in total. The zero-order valence-corrected chi connectivity index (χ0v) is 15.7. The van der Waals surface area contributed by atoms with Gasteiger partial charge < -0.3 is 19.4 Å². The molecule has 0 saturated heterocycles. The second-order valence-electron chi connectivity index (χ2n) is 6.84. The molecule has 27 heavy (non-hydrogen) atoms. The average Bonchev–Trinajstić information content (AvgIpc) is 3.10. The summed E-state index contributed by atoms with van der Waals surface area (Å²) in [6.45, 7) is 1.39. The van der Waals surface area contributed by atoms with Crippen LogP contribution in [0.25, 0.3) is 10.9 Å². The Morgan fingerprint density at radius 2 is 1.85 bits per heavy atom. The number of rotatable bonds is 5. The summed E-state index contributed by atoms with van der Waals surface area (Å²) in [5, 5.41) is 1.14. The Morgan fingerprint density at radius 1 is 1.07 bits per heavy atom. The number of nitrogens with one attached hydrogen (secondary N) is 1. The third kappa shape index (κ3) is 3.25. The lowest BCUT2D eigenvalue weighted by atomic mass is 10.0. The molecule has 0 aliphatic carbocycles. The van der Waals surface area contributed by atoms with E-state index >= 15 is 0 Å². The zero-order chi connectivity index (χ0) is 18.8. The molecule has 5 heteroatoms. The molecule has 1 N–H and O–H groups in total. The molecule has 0 atom stereocenters. The Balaban J connectivity index is 1.50. The van der Waals surface area contributed by atoms with Gasteiger partial charge in [-0.05, 0) is 24.1 Å². The SMILES string of the molecule is COc1ccccc1CCC(=O)N1CCc2[nH]c3c(OC)cccc3c2C1. The number of amides is 1. The summed E-state index contributed by atoms with van der Waals surface area (Å²) in [6.07, 6.45) is 2.02. The molecular weight excluding hydrogens is 340 g/mol. The molecule has 3 aromatic rings. The molecule has 0 fully saturated rings. The molecule has 1 amide bonds. The first kappa shape index (κ1) is 17.5. The number of ether oxygens (including phenoxy) is 2. The van der Waals surface area contributed by atoms with Crippen molar-refractivity contribution in [3.8, 4) is 11.5 Å². The van der Waals surface area contributed by atoms with E-state index in [-0.39, 0.29) is 5.91 Å². The van der Waals surface area contributed by atoms with Crippen LogP contribution in [0, 0.1) is 0 Å². The molecule has 2 heterocycles. The first-order valence-electron chi connectivity index (χ1n) is 9.27. The number of para-hydroxylation sites is 2. The van der Waals surface area contributed by atoms with Gasteiger partial charge in [-0.15, -0.1) is 0 Å². The molecule has 4 rings (SSSR count). The van der Waals surface area contributed by atoms with Crippen molar-refractivity contribution in [2.45, 2.75) is 25.8 Å². The zero-order valence-electron chi connectivity index (χ0n) is 15.7. The molecule has 1 aliphatic heterocycles. The molecule has 140 valence electrons. The monoisotopic (exact) mass is 364 g/mol. The molecule has 2 aromatic carbocycles. The maximum Gasteiger partial charge on any atom is 0.223 e. The van der Waals surface area contributed by atoms with E-state index in [4.69, 9.17) is 9.47 Å². The van der Waals surface area contributed by atoms with E-state index < -0.39 is 0 Å². The average molecular weight is 364 g/mol. The largest absolute Gasteiger partial charge is 0.496 e. The predicted molar refractivity (Wildman–Crippen MR) is 105 cm³/mol. The van der Waals surface area contributed by atoms with Gasteiger partial charge >= 0.3 is 0 Å². The van der Waals surface area contributed by atoms with Crippen molar-refractivity contribution in [2.24, 2.45) is 0 Å². The van der Waals surface area contributed by atoms with Crippen LogP contribution in [0.15, 0.2) is 42.5 Å². The lowest BCUT2D eigenvalue weighted by Gasteiger charge is -2.27. The maximum atomic E-state index is 12.8. The van der Waals surface area contributed by atoms with Crippen LogP contribution in [-0.2, 0) is 24.2 Å². The van der Waals surface area contributed by atoms with E-state index in [1.807, 2.05) is 41.3 Å². The summed E-state index contributed by atoms with van der Waals surface area (Å²) in [5.41, 5.74) is 4.51. The number of aromatic nitrogens is 1. The predicted octanol–water partition coefficient (Wildman–Crippen LogP) is 3.70. The number of carbonyl (C=O) groups excluding carboxylic acids is 1. The fraction of sp³-hybridized carbons (Fsp3) is 0.318. The quantitative estimate of drug-likeness (QED) is 0.751. The topological polar surface area (TPSA) is 54.6 Å². The van der Waals surface area contributed by atoms with Crippen LogP contribution in [0.5, 0.6) is 11.5 Å². The molecule has 0 bridgehead atoms. The second kappa shape index (κ2) is 7.35. The van der Waals surface area contributed by atoms with Gasteiger partial charge in [0.1, 0.15) is 11.5 Å². The van der Waals surface area contributed by atoms with Crippen LogP contribution in [0.2, 0.25) is 0 Å². The Bertz CT molecular complexity index is 977. The lowest BCUT2D eigenvalue weighted by molar-refractivity contribution is -0.132. The van der Waals surface area contributed by atoms with Crippen LogP contribution >= 0.6 is 0 Å². The van der Waals surface area contributed by atoms with Gasteiger partial charge in [0.25, 0.3) is 0 Å². The Kier molecular flexibility index (Phi) is 4.75. The fourth-order valence-electron chi connectivity index (χ4n) is 3.90. The maximum absolute atomic E-state index is 12.8. The van der Waals surface area contributed by atoms with Gasteiger partial charge in [-0.2, -0.15) is 0 Å². The van der Waals surface area contributed by atoms with Gasteiger partial charge in [0.05, 0.1) is 19.7 Å². The van der Waals surface area contributed by atoms with E-state index in [2.05, 4.69) is 11.1 Å². The van der Waals surface area contributed by atoms with Crippen molar-refractivity contribution in [3.05, 3.63) is 59.3 Å². The number of carbonyl (C=O) groups is 1. The van der Waals surface area contributed by atoms with E-state index in [9.17, 15) is 4.79 Å².